The molecule has 0 radical (unpaired) electrons. The van der Waals surface area contributed by atoms with E-state index < -0.39 is 0 Å². The summed E-state index contributed by atoms with van der Waals surface area (Å²) in [5, 5.41) is 0. The highest BCUT2D eigenvalue weighted by atomic mass is 16.7. The summed E-state index contributed by atoms with van der Waals surface area (Å²) in [5.41, 5.74) is 3.34. The van der Waals surface area contributed by atoms with Crippen LogP contribution in [0.3, 0.4) is 0 Å². The van der Waals surface area contributed by atoms with Crippen molar-refractivity contribution in [3.63, 3.8) is 0 Å². The van der Waals surface area contributed by atoms with Gasteiger partial charge < -0.3 is 14.5 Å². The molecule has 0 saturated carbocycles. The third-order valence-electron chi connectivity index (χ3n) is 6.15. The maximum atomic E-state index is 5.60. The van der Waals surface area contributed by atoms with Gasteiger partial charge in [0.2, 0.25) is 6.79 Å². The van der Waals surface area contributed by atoms with Crippen molar-refractivity contribution in [3.8, 4) is 11.6 Å². The zero-order chi connectivity index (χ0) is 22.5. The predicted octanol–water partition coefficient (Wildman–Crippen LogP) is 3.66. The standard InChI is InChI=1S/C25H30N6O2/c1-19-14-22(29-25(28-19)24-26-9-10-27-24)23-8-5-11-31(23)13-12-30(16-21-17-32-18-33-21)15-20-6-3-2-4-7-20/h2-4,6-7,9-10,14,17,23H,5,8,11-13,15-16,18H2,1H3,(H,26,27). The van der Waals surface area contributed by atoms with Gasteiger partial charge in [0.25, 0.3) is 0 Å². The molecular formula is C25H30N6O2. The molecule has 8 heteroatoms. The molecule has 8 nitrogen and oxygen atoms in total. The Kier molecular flexibility index (Phi) is 6.64. The van der Waals surface area contributed by atoms with E-state index in [0.717, 1.165) is 56.3 Å². The molecule has 5 rings (SSSR count). The van der Waals surface area contributed by atoms with Crippen molar-refractivity contribution >= 4 is 0 Å². The first-order valence-electron chi connectivity index (χ1n) is 11.5. The molecule has 0 aliphatic carbocycles. The average Bonchev–Trinajstić information content (AvgIpc) is 3.61. The topological polar surface area (TPSA) is 79.4 Å². The summed E-state index contributed by atoms with van der Waals surface area (Å²) in [6.07, 6.45) is 7.55. The molecule has 1 aromatic carbocycles. The highest BCUT2D eigenvalue weighted by Gasteiger charge is 2.28. The van der Waals surface area contributed by atoms with Crippen molar-refractivity contribution < 1.29 is 9.47 Å². The van der Waals surface area contributed by atoms with E-state index in [0.29, 0.717) is 24.5 Å². The normalized spacial score (nSPS) is 18.4. The van der Waals surface area contributed by atoms with Crippen LogP contribution in [0, 0.1) is 6.92 Å². The molecular weight excluding hydrogens is 416 g/mol. The van der Waals surface area contributed by atoms with E-state index in [2.05, 4.69) is 61.1 Å². The fourth-order valence-corrected chi connectivity index (χ4v) is 4.59. The molecule has 1 unspecified atom stereocenters. The van der Waals surface area contributed by atoms with Crippen molar-refractivity contribution in [1.29, 1.82) is 0 Å². The van der Waals surface area contributed by atoms with E-state index in [9.17, 15) is 0 Å². The summed E-state index contributed by atoms with van der Waals surface area (Å²) >= 11 is 0. The SMILES string of the molecule is Cc1cc(C2CCCN2CCN(CC2=COCO2)Cc2ccccc2)nc(-c2ncc[nH]2)n1. The Morgan fingerprint density at radius 2 is 2.09 bits per heavy atom. The van der Waals surface area contributed by atoms with Crippen molar-refractivity contribution in [2.75, 3.05) is 33.0 Å². The predicted molar refractivity (Wildman–Crippen MR) is 125 cm³/mol. The number of hydrogen-bond donors (Lipinski definition) is 1. The van der Waals surface area contributed by atoms with Gasteiger partial charge in [0.1, 0.15) is 12.0 Å². The van der Waals surface area contributed by atoms with E-state index in [1.165, 1.54) is 12.0 Å². The molecule has 3 aromatic rings. The first-order valence-corrected chi connectivity index (χ1v) is 11.5. The Morgan fingerprint density at radius 3 is 2.88 bits per heavy atom. The lowest BCUT2D eigenvalue weighted by atomic mass is 10.1. The summed E-state index contributed by atoms with van der Waals surface area (Å²) in [5.74, 6) is 2.27. The third-order valence-corrected chi connectivity index (χ3v) is 6.15. The van der Waals surface area contributed by atoms with Crippen LogP contribution < -0.4 is 0 Å². The van der Waals surface area contributed by atoms with Gasteiger partial charge in [-0.25, -0.2) is 15.0 Å². The number of rotatable bonds is 9. The smallest absolute Gasteiger partial charge is 0.229 e. The number of aromatic nitrogens is 4. The lowest BCUT2D eigenvalue weighted by molar-refractivity contribution is 0.0707. The summed E-state index contributed by atoms with van der Waals surface area (Å²) < 4.78 is 10.9. The van der Waals surface area contributed by atoms with E-state index >= 15 is 0 Å². The van der Waals surface area contributed by atoms with Crippen molar-refractivity contribution in [3.05, 3.63) is 77.8 Å². The zero-order valence-electron chi connectivity index (χ0n) is 19.0. The summed E-state index contributed by atoms with van der Waals surface area (Å²) in [7, 11) is 0. The Balaban J connectivity index is 1.29. The molecule has 0 bridgehead atoms. The molecule has 2 aromatic heterocycles. The lowest BCUT2D eigenvalue weighted by Gasteiger charge is -2.29. The zero-order valence-corrected chi connectivity index (χ0v) is 19.0. The van der Waals surface area contributed by atoms with Gasteiger partial charge in [-0.15, -0.1) is 0 Å². The van der Waals surface area contributed by atoms with E-state index in [1.54, 1.807) is 18.7 Å². The van der Waals surface area contributed by atoms with Crippen molar-refractivity contribution in [1.82, 2.24) is 29.7 Å². The van der Waals surface area contributed by atoms with Crippen molar-refractivity contribution in [2.45, 2.75) is 32.4 Å². The molecule has 4 heterocycles. The Morgan fingerprint density at radius 1 is 1.18 bits per heavy atom. The van der Waals surface area contributed by atoms with Crippen LogP contribution in [0.2, 0.25) is 0 Å². The lowest BCUT2D eigenvalue weighted by Crippen LogP contribution is -2.36. The van der Waals surface area contributed by atoms with Crippen LogP contribution in [0.15, 0.2) is 60.8 Å². The highest BCUT2D eigenvalue weighted by molar-refractivity contribution is 5.43. The van der Waals surface area contributed by atoms with Gasteiger partial charge in [-0.05, 0) is 37.9 Å². The molecule has 0 spiro atoms. The molecule has 33 heavy (non-hydrogen) atoms. The minimum atomic E-state index is 0.296. The monoisotopic (exact) mass is 446 g/mol. The van der Waals surface area contributed by atoms with Gasteiger partial charge >= 0.3 is 0 Å². The van der Waals surface area contributed by atoms with Crippen LogP contribution in [-0.2, 0) is 16.0 Å². The number of benzene rings is 1. The summed E-state index contributed by atoms with van der Waals surface area (Å²) in [6.45, 7) is 6.92. The molecule has 2 aliphatic heterocycles. The maximum Gasteiger partial charge on any atom is 0.229 e. The number of nitrogens with one attached hydrogen (secondary N) is 1. The van der Waals surface area contributed by atoms with Gasteiger partial charge in [0.15, 0.2) is 11.6 Å². The number of ether oxygens (including phenoxy) is 2. The second-order valence-electron chi connectivity index (χ2n) is 8.60. The van der Waals surface area contributed by atoms with Gasteiger partial charge in [-0.1, -0.05) is 30.3 Å². The van der Waals surface area contributed by atoms with Gasteiger partial charge in [0, 0.05) is 37.7 Å². The Bertz CT molecular complexity index is 1070. The summed E-state index contributed by atoms with van der Waals surface area (Å²) in [4.78, 5) is 21.9. The van der Waals surface area contributed by atoms with Crippen LogP contribution in [0.1, 0.15) is 35.8 Å². The van der Waals surface area contributed by atoms with Gasteiger partial charge in [-0.3, -0.25) is 9.80 Å². The molecule has 1 atom stereocenters. The number of hydrogen-bond acceptors (Lipinski definition) is 7. The molecule has 172 valence electrons. The molecule has 1 fully saturated rings. The third kappa shape index (κ3) is 5.40. The second-order valence-corrected chi connectivity index (χ2v) is 8.60. The van der Waals surface area contributed by atoms with Gasteiger partial charge in [0.05, 0.1) is 18.3 Å². The first-order chi connectivity index (χ1) is 16.2. The molecule has 0 amide bonds. The summed E-state index contributed by atoms with van der Waals surface area (Å²) in [6, 6.07) is 13.0. The van der Waals surface area contributed by atoms with E-state index in [1.807, 2.05) is 6.92 Å². The fourth-order valence-electron chi connectivity index (χ4n) is 4.59. The number of H-pyrrole nitrogens is 1. The number of likely N-dealkylation sites (tertiary alicyclic amines) is 1. The van der Waals surface area contributed by atoms with E-state index in [-0.39, 0.29) is 0 Å². The minimum absolute atomic E-state index is 0.296. The molecule has 1 saturated heterocycles. The van der Waals surface area contributed by atoms with Crippen LogP contribution >= 0.6 is 0 Å². The Labute approximate surface area is 194 Å². The molecule has 1 N–H and O–H groups in total. The van der Waals surface area contributed by atoms with Crippen molar-refractivity contribution in [2.24, 2.45) is 0 Å². The second kappa shape index (κ2) is 10.1. The fraction of sp³-hybridized carbons (Fsp3) is 0.400. The van der Waals surface area contributed by atoms with Crippen LogP contribution in [0.5, 0.6) is 0 Å². The number of aryl methyl sites for hydroxylation is 1. The van der Waals surface area contributed by atoms with Crippen LogP contribution in [0.4, 0.5) is 0 Å². The number of aromatic amines is 1. The van der Waals surface area contributed by atoms with Crippen LogP contribution in [-0.4, -0.2) is 62.7 Å². The molecule has 2 aliphatic rings. The van der Waals surface area contributed by atoms with Crippen LogP contribution in [0.25, 0.3) is 11.6 Å². The number of nitrogens with zero attached hydrogens (tertiary/aromatic N) is 5. The largest absolute Gasteiger partial charge is 0.462 e. The Hall–Kier alpha value is -3.23. The number of imidazole rings is 1. The van der Waals surface area contributed by atoms with E-state index in [4.69, 9.17) is 14.5 Å². The highest BCUT2D eigenvalue weighted by Crippen LogP contribution is 2.31. The minimum Gasteiger partial charge on any atom is -0.462 e. The first kappa shape index (κ1) is 21.6. The average molecular weight is 447 g/mol. The quantitative estimate of drug-likeness (QED) is 0.537. The van der Waals surface area contributed by atoms with Gasteiger partial charge in [-0.2, -0.15) is 0 Å². The maximum absolute atomic E-state index is 5.60.